The molecule has 0 bridgehead atoms. The summed E-state index contributed by atoms with van der Waals surface area (Å²) in [5, 5.41) is 15.4. The Balaban J connectivity index is 2.08. The van der Waals surface area contributed by atoms with E-state index in [-0.39, 0.29) is 23.3 Å². The zero-order chi connectivity index (χ0) is 18.6. The molecule has 1 aromatic heterocycles. The van der Waals surface area contributed by atoms with Crippen LogP contribution in [0.3, 0.4) is 0 Å². The Morgan fingerprint density at radius 2 is 2.24 bits per heavy atom. The van der Waals surface area contributed by atoms with E-state index in [1.165, 1.54) is 26.1 Å². The zero-order valence-electron chi connectivity index (χ0n) is 14.4. The molecule has 1 aromatic rings. The van der Waals surface area contributed by atoms with Crippen LogP contribution in [0.2, 0.25) is 5.15 Å². The number of carbonyl (C=O) groups is 1. The van der Waals surface area contributed by atoms with E-state index in [1.807, 2.05) is 0 Å². The number of pyridine rings is 1. The molecule has 5 nitrogen and oxygen atoms in total. The molecule has 1 aliphatic rings. The molecule has 0 spiro atoms. The van der Waals surface area contributed by atoms with Crippen LogP contribution in [0.25, 0.3) is 0 Å². The van der Waals surface area contributed by atoms with E-state index >= 15 is 0 Å². The maximum atomic E-state index is 13.8. The van der Waals surface area contributed by atoms with Crippen LogP contribution in [0.1, 0.15) is 49.9 Å². The number of hydrogen-bond acceptors (Lipinski definition) is 4. The zero-order valence-corrected chi connectivity index (χ0v) is 15.1. The van der Waals surface area contributed by atoms with Gasteiger partial charge in [0.05, 0.1) is 23.4 Å². The topological polar surface area (TPSA) is 74.2 Å². The summed E-state index contributed by atoms with van der Waals surface area (Å²) >= 11 is 5.91. The normalized spacial score (nSPS) is 22.3. The van der Waals surface area contributed by atoms with Crippen molar-refractivity contribution in [2.24, 2.45) is 0 Å². The van der Waals surface area contributed by atoms with Gasteiger partial charge in [-0.3, -0.25) is 4.79 Å². The van der Waals surface area contributed by atoms with Gasteiger partial charge in [0.1, 0.15) is 17.5 Å². The second kappa shape index (κ2) is 8.27. The third kappa shape index (κ3) is 5.78. The van der Waals surface area contributed by atoms with Gasteiger partial charge in [-0.15, -0.1) is 0 Å². The molecule has 1 saturated carbocycles. The van der Waals surface area contributed by atoms with Crippen molar-refractivity contribution in [1.82, 2.24) is 10.3 Å². The maximum Gasteiger partial charge on any atom is 0.255 e. The van der Waals surface area contributed by atoms with Gasteiger partial charge < -0.3 is 15.7 Å². The number of hydrogen-bond donors (Lipinski definition) is 3. The quantitative estimate of drug-likeness (QED) is 0.667. The number of anilines is 1. The number of nitrogens with zero attached hydrogens (tertiary/aromatic N) is 1. The molecular formula is C17H24ClF2N3O2. The Kier molecular flexibility index (Phi) is 6.57. The Labute approximate surface area is 151 Å². The number of nitrogens with one attached hydrogen (secondary N) is 2. The predicted octanol–water partition coefficient (Wildman–Crippen LogP) is 3.27. The molecule has 1 aliphatic carbocycles. The van der Waals surface area contributed by atoms with E-state index in [0.717, 1.165) is 12.8 Å². The van der Waals surface area contributed by atoms with Crippen molar-refractivity contribution in [1.29, 1.82) is 0 Å². The summed E-state index contributed by atoms with van der Waals surface area (Å²) in [4.78, 5) is 16.2. The summed E-state index contributed by atoms with van der Waals surface area (Å²) in [5.74, 6) is -0.536. The number of carbonyl (C=O) groups excluding carboxylic acids is 1. The number of alkyl halides is 2. The minimum absolute atomic E-state index is 0.0981. The fraction of sp³-hybridized carbons (Fsp3) is 0.647. The largest absolute Gasteiger partial charge is 0.387 e. The lowest BCUT2D eigenvalue weighted by atomic mass is 9.93. The molecule has 1 amide bonds. The molecule has 0 radical (unpaired) electrons. The fourth-order valence-electron chi connectivity index (χ4n) is 2.74. The highest BCUT2D eigenvalue weighted by molar-refractivity contribution is 6.29. The monoisotopic (exact) mass is 375 g/mol. The molecule has 3 atom stereocenters. The van der Waals surface area contributed by atoms with Gasteiger partial charge in [-0.05, 0) is 45.6 Å². The van der Waals surface area contributed by atoms with Crippen LogP contribution in [-0.4, -0.2) is 46.5 Å². The van der Waals surface area contributed by atoms with Crippen LogP contribution >= 0.6 is 11.6 Å². The highest BCUT2D eigenvalue weighted by Crippen LogP contribution is 2.27. The Hall–Kier alpha value is -1.47. The third-order valence-electron chi connectivity index (χ3n) is 4.29. The average Bonchev–Trinajstić information content (AvgIpc) is 2.51. The molecule has 3 unspecified atom stereocenters. The van der Waals surface area contributed by atoms with Gasteiger partial charge in [0.15, 0.2) is 0 Å². The minimum Gasteiger partial charge on any atom is -0.387 e. The lowest BCUT2D eigenvalue weighted by Gasteiger charge is -2.27. The number of aliphatic hydroxyl groups is 1. The maximum absolute atomic E-state index is 13.8. The number of rotatable bonds is 6. The van der Waals surface area contributed by atoms with E-state index < -0.39 is 23.9 Å². The van der Waals surface area contributed by atoms with Crippen LogP contribution in [0, 0.1) is 0 Å². The predicted molar refractivity (Wildman–Crippen MR) is 93.5 cm³/mol. The second-order valence-corrected chi connectivity index (χ2v) is 7.38. The lowest BCUT2D eigenvalue weighted by molar-refractivity contribution is -0.00177. The molecule has 1 heterocycles. The first-order valence-corrected chi connectivity index (χ1v) is 8.75. The van der Waals surface area contributed by atoms with Gasteiger partial charge in [-0.2, -0.15) is 0 Å². The molecule has 3 N–H and O–H groups in total. The van der Waals surface area contributed by atoms with Gasteiger partial charge in [0.25, 0.3) is 5.91 Å². The first kappa shape index (κ1) is 19.8. The Morgan fingerprint density at radius 3 is 2.88 bits per heavy atom. The van der Waals surface area contributed by atoms with Crippen molar-refractivity contribution in [3.63, 3.8) is 0 Å². The lowest BCUT2D eigenvalue weighted by Crippen LogP contribution is -2.42. The first-order chi connectivity index (χ1) is 11.7. The second-order valence-electron chi connectivity index (χ2n) is 6.99. The van der Waals surface area contributed by atoms with Crippen molar-refractivity contribution in [2.45, 2.75) is 63.5 Å². The van der Waals surface area contributed by atoms with Crippen LogP contribution in [0.4, 0.5) is 14.5 Å². The van der Waals surface area contributed by atoms with E-state index in [0.29, 0.717) is 18.5 Å². The molecule has 0 aliphatic heterocycles. The third-order valence-corrected chi connectivity index (χ3v) is 4.50. The molecule has 140 valence electrons. The van der Waals surface area contributed by atoms with Crippen molar-refractivity contribution in [3.05, 3.63) is 23.0 Å². The Bertz CT molecular complexity index is 610. The number of halogens is 3. The van der Waals surface area contributed by atoms with Gasteiger partial charge in [-0.1, -0.05) is 11.6 Å². The van der Waals surface area contributed by atoms with Crippen molar-refractivity contribution in [2.75, 3.05) is 11.9 Å². The van der Waals surface area contributed by atoms with Crippen LogP contribution in [-0.2, 0) is 0 Å². The summed E-state index contributed by atoms with van der Waals surface area (Å²) < 4.78 is 27.4. The molecule has 0 saturated heterocycles. The van der Waals surface area contributed by atoms with Gasteiger partial charge >= 0.3 is 0 Å². The summed E-state index contributed by atoms with van der Waals surface area (Å²) in [5.41, 5.74) is -0.909. The molecular weight excluding hydrogens is 352 g/mol. The highest BCUT2D eigenvalue weighted by atomic mass is 35.5. The van der Waals surface area contributed by atoms with E-state index in [9.17, 15) is 18.7 Å². The highest BCUT2D eigenvalue weighted by Gasteiger charge is 2.28. The van der Waals surface area contributed by atoms with Crippen LogP contribution in [0.5, 0.6) is 0 Å². The van der Waals surface area contributed by atoms with Crippen LogP contribution < -0.4 is 10.6 Å². The van der Waals surface area contributed by atoms with E-state index in [4.69, 9.17) is 11.6 Å². The standard InChI is InChI=1S/C17H24ClF2N3O2/c1-17(2,25)14(20)9-22-16(24)12-8-21-15(18)7-13(12)23-11-5-3-4-10(19)6-11/h7-8,10-11,14,25H,3-6,9H2,1-2H3,(H,21,23)(H,22,24). The van der Waals surface area contributed by atoms with Gasteiger partial charge in [0.2, 0.25) is 0 Å². The van der Waals surface area contributed by atoms with E-state index in [2.05, 4.69) is 15.6 Å². The molecule has 2 rings (SSSR count). The van der Waals surface area contributed by atoms with Crippen molar-refractivity contribution < 1.29 is 18.7 Å². The van der Waals surface area contributed by atoms with Gasteiger partial charge in [-0.25, -0.2) is 13.8 Å². The van der Waals surface area contributed by atoms with E-state index in [1.54, 1.807) is 0 Å². The molecule has 0 aromatic carbocycles. The SMILES string of the molecule is CC(C)(O)C(F)CNC(=O)c1cnc(Cl)cc1NC1CCCC(F)C1. The van der Waals surface area contributed by atoms with Crippen molar-refractivity contribution in [3.8, 4) is 0 Å². The molecule has 1 fully saturated rings. The first-order valence-electron chi connectivity index (χ1n) is 8.37. The summed E-state index contributed by atoms with van der Waals surface area (Å²) in [6, 6.07) is 1.40. The smallest absolute Gasteiger partial charge is 0.255 e. The number of amides is 1. The molecule has 8 heteroatoms. The minimum atomic E-state index is -1.61. The van der Waals surface area contributed by atoms with Crippen molar-refractivity contribution >= 4 is 23.2 Å². The summed E-state index contributed by atoms with van der Waals surface area (Å²) in [7, 11) is 0. The average molecular weight is 376 g/mol. The fourth-order valence-corrected chi connectivity index (χ4v) is 2.90. The van der Waals surface area contributed by atoms with Crippen LogP contribution in [0.15, 0.2) is 12.3 Å². The summed E-state index contributed by atoms with van der Waals surface area (Å²) in [6.07, 6.45) is 1.32. The molecule has 25 heavy (non-hydrogen) atoms. The Morgan fingerprint density at radius 1 is 1.52 bits per heavy atom. The summed E-state index contributed by atoms with van der Waals surface area (Å²) in [6.45, 7) is 2.33. The number of aromatic nitrogens is 1. The van der Waals surface area contributed by atoms with Gasteiger partial charge in [0, 0.05) is 12.2 Å².